The molecular formula is C22H29N3O6. The fourth-order valence-corrected chi connectivity index (χ4v) is 4.28. The highest BCUT2D eigenvalue weighted by molar-refractivity contribution is 5.99. The molecule has 2 bridgehead atoms. The number of fused-ring (bicyclic) bond motifs is 4. The van der Waals surface area contributed by atoms with Crippen molar-refractivity contribution in [3.8, 4) is 5.75 Å². The monoisotopic (exact) mass is 431 g/mol. The largest absolute Gasteiger partial charge is 0.489 e. The standard InChI is InChI=1S/C18H25N3O2.C4H4O4/c1-12-9-14(17-16(10-12)20(2)7-8-23-17)18(22)19-15-11-21-5-3-13(15)4-6-21;5-3(6)1-2-4(7)8/h9-10,13,15H,3-8,11H2,1-2H3,(H,19,22);1-2H,(H,5,6)(H,7,8)/b;2-1+. The Hall–Kier alpha value is -3.07. The van der Waals surface area contributed by atoms with Gasteiger partial charge >= 0.3 is 11.9 Å². The Kier molecular flexibility index (Phi) is 7.17. The van der Waals surface area contributed by atoms with Gasteiger partial charge in [-0.15, -0.1) is 0 Å². The SMILES string of the molecule is Cc1cc(C(=O)NC2CN3CCC2CC3)c2c(c1)N(C)CCO2.O=C(O)/C=C/C(=O)O. The summed E-state index contributed by atoms with van der Waals surface area (Å²) in [6, 6.07) is 4.33. The van der Waals surface area contributed by atoms with Crippen molar-refractivity contribution in [1.82, 2.24) is 10.2 Å². The van der Waals surface area contributed by atoms with Crippen molar-refractivity contribution < 1.29 is 29.3 Å². The van der Waals surface area contributed by atoms with Crippen LogP contribution in [0.15, 0.2) is 24.3 Å². The van der Waals surface area contributed by atoms with Gasteiger partial charge in [0.25, 0.3) is 5.91 Å². The molecule has 0 aromatic heterocycles. The van der Waals surface area contributed by atoms with E-state index in [2.05, 4.69) is 28.2 Å². The number of carboxylic acid groups (broad SMARTS) is 2. The molecule has 1 atom stereocenters. The number of carboxylic acids is 2. The second-order valence-corrected chi connectivity index (χ2v) is 8.16. The number of likely N-dealkylation sites (N-methyl/N-ethyl adjacent to an activating group) is 1. The molecule has 1 unspecified atom stereocenters. The van der Waals surface area contributed by atoms with Crippen LogP contribution in [-0.2, 0) is 9.59 Å². The molecule has 31 heavy (non-hydrogen) atoms. The van der Waals surface area contributed by atoms with Crippen LogP contribution in [0, 0.1) is 12.8 Å². The Balaban J connectivity index is 0.000000293. The van der Waals surface area contributed by atoms with Crippen molar-refractivity contribution in [1.29, 1.82) is 0 Å². The molecule has 4 aliphatic rings. The van der Waals surface area contributed by atoms with Crippen LogP contribution in [0.25, 0.3) is 0 Å². The maximum atomic E-state index is 12.9. The number of amides is 1. The average molecular weight is 431 g/mol. The van der Waals surface area contributed by atoms with E-state index in [0.29, 0.717) is 30.2 Å². The first-order chi connectivity index (χ1) is 14.7. The maximum Gasteiger partial charge on any atom is 0.328 e. The van der Waals surface area contributed by atoms with Crippen molar-refractivity contribution in [3.05, 3.63) is 35.4 Å². The van der Waals surface area contributed by atoms with Crippen LogP contribution in [0.4, 0.5) is 5.69 Å². The van der Waals surface area contributed by atoms with Crippen molar-refractivity contribution in [2.45, 2.75) is 25.8 Å². The summed E-state index contributed by atoms with van der Waals surface area (Å²) in [4.78, 5) is 36.6. The van der Waals surface area contributed by atoms with Gasteiger partial charge in [0, 0.05) is 31.8 Å². The Bertz CT molecular complexity index is 860. The number of hydrogen-bond donors (Lipinski definition) is 3. The first kappa shape index (κ1) is 22.6. The number of benzene rings is 1. The number of rotatable bonds is 4. The highest BCUT2D eigenvalue weighted by atomic mass is 16.5. The van der Waals surface area contributed by atoms with Crippen LogP contribution in [0.5, 0.6) is 5.75 Å². The average Bonchev–Trinajstić information content (AvgIpc) is 2.74. The van der Waals surface area contributed by atoms with E-state index < -0.39 is 11.9 Å². The van der Waals surface area contributed by atoms with Crippen LogP contribution in [0.3, 0.4) is 0 Å². The predicted molar refractivity (Wildman–Crippen MR) is 115 cm³/mol. The van der Waals surface area contributed by atoms with E-state index in [1.165, 1.54) is 25.9 Å². The first-order valence-corrected chi connectivity index (χ1v) is 10.4. The first-order valence-electron chi connectivity index (χ1n) is 10.4. The van der Waals surface area contributed by atoms with E-state index in [-0.39, 0.29) is 11.9 Å². The van der Waals surface area contributed by atoms with Crippen LogP contribution >= 0.6 is 0 Å². The molecule has 0 radical (unpaired) electrons. The van der Waals surface area contributed by atoms with Gasteiger partial charge in [-0.1, -0.05) is 0 Å². The van der Waals surface area contributed by atoms with Gasteiger partial charge < -0.3 is 30.1 Å². The number of anilines is 1. The summed E-state index contributed by atoms with van der Waals surface area (Å²) in [6.07, 6.45) is 3.52. The lowest BCUT2D eigenvalue weighted by Crippen LogP contribution is -2.57. The van der Waals surface area contributed by atoms with Crippen LogP contribution in [0.2, 0.25) is 0 Å². The summed E-state index contributed by atoms with van der Waals surface area (Å²) >= 11 is 0. The molecule has 4 aliphatic heterocycles. The molecule has 0 saturated carbocycles. The number of nitrogens with one attached hydrogen (secondary N) is 1. The fourth-order valence-electron chi connectivity index (χ4n) is 4.28. The maximum absolute atomic E-state index is 12.9. The Morgan fingerprint density at radius 2 is 1.74 bits per heavy atom. The molecule has 0 aliphatic carbocycles. The molecule has 3 saturated heterocycles. The molecule has 0 spiro atoms. The second kappa shape index (κ2) is 9.82. The zero-order valence-electron chi connectivity index (χ0n) is 17.8. The fraction of sp³-hybridized carbons (Fsp3) is 0.500. The molecule has 3 fully saturated rings. The highest BCUT2D eigenvalue weighted by Gasteiger charge is 2.35. The van der Waals surface area contributed by atoms with E-state index in [1.54, 1.807) is 0 Å². The van der Waals surface area contributed by atoms with Gasteiger partial charge in [-0.3, -0.25) is 4.79 Å². The Morgan fingerprint density at radius 1 is 1.10 bits per heavy atom. The van der Waals surface area contributed by atoms with Crippen LogP contribution in [-0.4, -0.2) is 78.8 Å². The summed E-state index contributed by atoms with van der Waals surface area (Å²) in [5.74, 6) is -1.13. The lowest BCUT2D eigenvalue weighted by Gasteiger charge is -2.45. The number of aliphatic carboxylic acids is 2. The van der Waals surface area contributed by atoms with E-state index in [1.807, 2.05) is 13.0 Å². The zero-order chi connectivity index (χ0) is 22.5. The molecule has 3 N–H and O–H groups in total. The smallest absolute Gasteiger partial charge is 0.328 e. The number of carbonyl (C=O) groups is 3. The number of nitrogens with zero attached hydrogens (tertiary/aromatic N) is 2. The lowest BCUT2D eigenvalue weighted by atomic mass is 9.84. The van der Waals surface area contributed by atoms with Crippen molar-refractivity contribution >= 4 is 23.5 Å². The topological polar surface area (TPSA) is 119 Å². The van der Waals surface area contributed by atoms with Gasteiger partial charge in [-0.05, 0) is 56.5 Å². The van der Waals surface area contributed by atoms with E-state index in [4.69, 9.17) is 14.9 Å². The summed E-state index contributed by atoms with van der Waals surface area (Å²) in [5.41, 5.74) is 2.80. The quantitative estimate of drug-likeness (QED) is 0.612. The minimum atomic E-state index is -1.26. The summed E-state index contributed by atoms with van der Waals surface area (Å²) in [5, 5.41) is 18.9. The van der Waals surface area contributed by atoms with Crippen molar-refractivity contribution in [2.75, 3.05) is 44.7 Å². The molecule has 168 valence electrons. The Labute approximate surface area is 181 Å². The summed E-state index contributed by atoms with van der Waals surface area (Å²) in [7, 11) is 2.05. The summed E-state index contributed by atoms with van der Waals surface area (Å²) in [6.45, 7) is 6.89. The second-order valence-electron chi connectivity index (χ2n) is 8.16. The Morgan fingerprint density at radius 3 is 2.29 bits per heavy atom. The number of ether oxygens (including phenoxy) is 1. The highest BCUT2D eigenvalue weighted by Crippen LogP contribution is 2.36. The van der Waals surface area contributed by atoms with Gasteiger partial charge in [-0.25, -0.2) is 9.59 Å². The zero-order valence-corrected chi connectivity index (χ0v) is 17.8. The lowest BCUT2D eigenvalue weighted by molar-refractivity contribution is -0.134. The normalized spacial score (nSPS) is 23.9. The molecule has 4 heterocycles. The third-order valence-electron chi connectivity index (χ3n) is 5.88. The molecular weight excluding hydrogens is 402 g/mol. The molecule has 1 aromatic rings. The number of aryl methyl sites for hydroxylation is 1. The molecule has 5 rings (SSSR count). The third-order valence-corrected chi connectivity index (χ3v) is 5.88. The van der Waals surface area contributed by atoms with Crippen LogP contribution in [0.1, 0.15) is 28.8 Å². The van der Waals surface area contributed by atoms with Crippen molar-refractivity contribution in [3.63, 3.8) is 0 Å². The molecule has 1 amide bonds. The van der Waals surface area contributed by atoms with E-state index in [0.717, 1.165) is 30.1 Å². The van der Waals surface area contributed by atoms with Gasteiger partial charge in [0.2, 0.25) is 0 Å². The number of carbonyl (C=O) groups excluding carboxylic acids is 1. The molecule has 9 heteroatoms. The predicted octanol–water partition coefficient (Wildman–Crippen LogP) is 1.36. The van der Waals surface area contributed by atoms with Gasteiger partial charge in [0.1, 0.15) is 6.61 Å². The van der Waals surface area contributed by atoms with Gasteiger partial charge in [0.15, 0.2) is 5.75 Å². The van der Waals surface area contributed by atoms with Gasteiger partial charge in [-0.2, -0.15) is 0 Å². The van der Waals surface area contributed by atoms with Crippen LogP contribution < -0.4 is 15.0 Å². The third kappa shape index (κ3) is 5.75. The van der Waals surface area contributed by atoms with E-state index >= 15 is 0 Å². The number of piperidine rings is 3. The number of hydrogen-bond acceptors (Lipinski definition) is 6. The summed E-state index contributed by atoms with van der Waals surface area (Å²) < 4.78 is 5.84. The molecule has 9 nitrogen and oxygen atoms in total. The minimum absolute atomic E-state index is 0.0130. The van der Waals surface area contributed by atoms with E-state index in [9.17, 15) is 14.4 Å². The van der Waals surface area contributed by atoms with Gasteiger partial charge in [0.05, 0.1) is 17.8 Å². The van der Waals surface area contributed by atoms with Crippen molar-refractivity contribution in [2.24, 2.45) is 5.92 Å². The minimum Gasteiger partial charge on any atom is -0.489 e. The molecule has 1 aromatic carbocycles.